The highest BCUT2D eigenvalue weighted by molar-refractivity contribution is 5.19. The molecule has 1 rings (SSSR count). The number of nitrogens with zero attached hydrogens (tertiary/aromatic N) is 2. The Hall–Kier alpha value is -1.28. The van der Waals surface area contributed by atoms with E-state index in [0.717, 1.165) is 18.4 Å². The summed E-state index contributed by atoms with van der Waals surface area (Å²) in [6.45, 7) is 6.46. The van der Waals surface area contributed by atoms with E-state index in [1.165, 1.54) is 6.20 Å². The van der Waals surface area contributed by atoms with Crippen LogP contribution in [0.3, 0.4) is 0 Å². The van der Waals surface area contributed by atoms with Gasteiger partial charge in [-0.05, 0) is 12.8 Å². The van der Waals surface area contributed by atoms with Gasteiger partial charge in [0.1, 0.15) is 0 Å². The third kappa shape index (κ3) is 1.09. The molecule has 1 fully saturated rings. The first-order chi connectivity index (χ1) is 4.36. The summed E-state index contributed by atoms with van der Waals surface area (Å²) in [5, 5.41) is 8.32. The first kappa shape index (κ1) is 5.85. The Morgan fingerprint density at radius 3 is 2.89 bits per heavy atom. The maximum absolute atomic E-state index is 8.32. The van der Waals surface area contributed by atoms with Gasteiger partial charge >= 0.3 is 0 Å². The number of hydrogen-bond donors (Lipinski definition) is 0. The van der Waals surface area contributed by atoms with E-state index >= 15 is 0 Å². The third-order valence-electron chi connectivity index (χ3n) is 1.45. The van der Waals surface area contributed by atoms with Crippen molar-refractivity contribution in [1.82, 2.24) is 0 Å². The van der Waals surface area contributed by atoms with Crippen molar-refractivity contribution in [3.05, 3.63) is 23.2 Å². The molecule has 0 N–H and O–H groups in total. The number of hydrogen-bond acceptors (Lipinski definition) is 1. The quantitative estimate of drug-likeness (QED) is 0.445. The molecule has 0 radical (unpaired) electrons. The van der Waals surface area contributed by atoms with Crippen molar-refractivity contribution in [2.45, 2.75) is 12.8 Å². The van der Waals surface area contributed by atoms with Gasteiger partial charge in [-0.25, -0.2) is 4.85 Å². The van der Waals surface area contributed by atoms with Gasteiger partial charge in [0, 0.05) is 0 Å². The second-order valence-electron chi connectivity index (χ2n) is 2.15. The maximum atomic E-state index is 8.32. The van der Waals surface area contributed by atoms with E-state index in [-0.39, 0.29) is 5.92 Å². The van der Waals surface area contributed by atoms with Gasteiger partial charge in [-0.2, -0.15) is 5.26 Å². The smallest absolute Gasteiger partial charge is 0.153 e. The second-order valence-corrected chi connectivity index (χ2v) is 2.15. The Labute approximate surface area is 54.2 Å². The monoisotopic (exact) mass is 118 g/mol. The van der Waals surface area contributed by atoms with Gasteiger partial charge in [-0.3, -0.25) is 0 Å². The van der Waals surface area contributed by atoms with Gasteiger partial charge in [0.25, 0.3) is 0 Å². The molecule has 0 amide bonds. The SMILES string of the molecule is [C-]#[N+]C=C1CC(C#N)C1. The largest absolute Gasteiger partial charge is 0.246 e. The molecule has 0 spiro atoms. The highest BCUT2D eigenvalue weighted by atomic mass is 14.6. The van der Waals surface area contributed by atoms with Gasteiger partial charge in [-0.15, -0.1) is 0 Å². The molecule has 0 heterocycles. The van der Waals surface area contributed by atoms with Crippen molar-refractivity contribution in [2.24, 2.45) is 5.92 Å². The summed E-state index contributed by atoms with van der Waals surface area (Å²) < 4.78 is 0. The predicted octanol–water partition coefficient (Wildman–Crippen LogP) is 1.72. The van der Waals surface area contributed by atoms with E-state index in [9.17, 15) is 0 Å². The fraction of sp³-hybridized carbons (Fsp3) is 0.429. The second kappa shape index (κ2) is 2.33. The summed E-state index contributed by atoms with van der Waals surface area (Å²) in [6.07, 6.45) is 3.16. The summed E-state index contributed by atoms with van der Waals surface area (Å²) in [6, 6.07) is 2.15. The molecule has 9 heavy (non-hydrogen) atoms. The van der Waals surface area contributed by atoms with E-state index in [2.05, 4.69) is 10.9 Å². The van der Waals surface area contributed by atoms with Gasteiger partial charge in [-0.1, -0.05) is 5.57 Å². The summed E-state index contributed by atoms with van der Waals surface area (Å²) >= 11 is 0. The first-order valence-electron chi connectivity index (χ1n) is 2.81. The van der Waals surface area contributed by atoms with Gasteiger partial charge in [0.05, 0.1) is 18.6 Å². The zero-order valence-electron chi connectivity index (χ0n) is 4.96. The Bertz CT molecular complexity index is 206. The van der Waals surface area contributed by atoms with Crippen LogP contribution < -0.4 is 0 Å². The van der Waals surface area contributed by atoms with Crippen molar-refractivity contribution in [3.8, 4) is 6.07 Å². The zero-order valence-corrected chi connectivity index (χ0v) is 4.96. The molecule has 1 aliphatic rings. The van der Waals surface area contributed by atoms with Crippen LogP contribution in [-0.2, 0) is 0 Å². The van der Waals surface area contributed by atoms with Crippen LogP contribution in [0.2, 0.25) is 0 Å². The van der Waals surface area contributed by atoms with Crippen molar-refractivity contribution >= 4 is 0 Å². The van der Waals surface area contributed by atoms with Crippen LogP contribution in [0.4, 0.5) is 0 Å². The van der Waals surface area contributed by atoms with Gasteiger partial charge in [0.15, 0.2) is 6.20 Å². The van der Waals surface area contributed by atoms with Gasteiger partial charge < -0.3 is 0 Å². The molecule has 0 saturated heterocycles. The lowest BCUT2D eigenvalue weighted by molar-refractivity contribution is 0.526. The normalized spacial score (nSPS) is 23.3. The van der Waals surface area contributed by atoms with Crippen LogP contribution in [0.5, 0.6) is 0 Å². The average molecular weight is 118 g/mol. The lowest BCUT2D eigenvalue weighted by Gasteiger charge is -2.21. The minimum absolute atomic E-state index is 0.193. The average Bonchev–Trinajstić information content (AvgIpc) is 1.77. The topological polar surface area (TPSA) is 28.1 Å². The van der Waals surface area contributed by atoms with Crippen molar-refractivity contribution in [1.29, 1.82) is 5.26 Å². The molecule has 1 aliphatic carbocycles. The summed E-state index contributed by atoms with van der Waals surface area (Å²) in [5.74, 6) is 0.193. The standard InChI is InChI=1S/C7H6N2/c1-9-5-7-2-6(3-7)4-8/h5-6H,2-3H2. The fourth-order valence-electron chi connectivity index (χ4n) is 0.861. The lowest BCUT2D eigenvalue weighted by Crippen LogP contribution is -2.11. The maximum Gasteiger partial charge on any atom is 0.153 e. The van der Waals surface area contributed by atoms with Gasteiger partial charge in [0.2, 0.25) is 0 Å². The van der Waals surface area contributed by atoms with Crippen molar-refractivity contribution in [3.63, 3.8) is 0 Å². The zero-order chi connectivity index (χ0) is 6.69. The minimum Gasteiger partial charge on any atom is -0.246 e. The van der Waals surface area contributed by atoms with Crippen molar-refractivity contribution < 1.29 is 0 Å². The van der Waals surface area contributed by atoms with Crippen LogP contribution in [-0.4, -0.2) is 0 Å². The molecule has 0 aromatic heterocycles. The molecule has 1 saturated carbocycles. The van der Waals surface area contributed by atoms with Crippen molar-refractivity contribution in [2.75, 3.05) is 0 Å². The van der Waals surface area contributed by atoms with E-state index in [1.54, 1.807) is 0 Å². The lowest BCUT2D eigenvalue weighted by atomic mass is 9.82. The molecule has 44 valence electrons. The highest BCUT2D eigenvalue weighted by Crippen LogP contribution is 2.31. The van der Waals surface area contributed by atoms with Crippen LogP contribution in [0.15, 0.2) is 11.8 Å². The molecule has 0 bridgehead atoms. The van der Waals surface area contributed by atoms with E-state index in [0.29, 0.717) is 0 Å². The molecule has 0 unspecified atom stereocenters. The molecule has 2 nitrogen and oxygen atoms in total. The molecule has 2 heteroatoms. The third-order valence-corrected chi connectivity index (χ3v) is 1.45. The Balaban J connectivity index is 2.39. The van der Waals surface area contributed by atoms with E-state index in [1.807, 2.05) is 0 Å². The molecular weight excluding hydrogens is 112 g/mol. The van der Waals surface area contributed by atoms with Crippen LogP contribution in [0, 0.1) is 23.8 Å². The molecular formula is C7H6N2. The molecule has 0 aromatic rings. The minimum atomic E-state index is 0.193. The summed E-state index contributed by atoms with van der Waals surface area (Å²) in [4.78, 5) is 3.10. The number of allylic oxidation sites excluding steroid dienone is 1. The molecule has 0 aromatic carbocycles. The Kier molecular flexibility index (Phi) is 1.51. The number of rotatable bonds is 0. The summed E-state index contributed by atoms with van der Waals surface area (Å²) in [7, 11) is 0. The predicted molar refractivity (Wildman–Crippen MR) is 33.0 cm³/mol. The fourth-order valence-corrected chi connectivity index (χ4v) is 0.861. The van der Waals surface area contributed by atoms with E-state index in [4.69, 9.17) is 11.8 Å². The molecule has 0 aliphatic heterocycles. The van der Waals surface area contributed by atoms with Crippen LogP contribution in [0.1, 0.15) is 12.8 Å². The highest BCUT2D eigenvalue weighted by Gasteiger charge is 2.21. The van der Waals surface area contributed by atoms with Crippen LogP contribution >= 0.6 is 0 Å². The van der Waals surface area contributed by atoms with Crippen LogP contribution in [0.25, 0.3) is 4.85 Å². The summed E-state index contributed by atoms with van der Waals surface area (Å²) in [5.41, 5.74) is 1.12. The number of nitriles is 1. The van der Waals surface area contributed by atoms with E-state index < -0.39 is 0 Å². The molecule has 0 atom stereocenters. The Morgan fingerprint density at radius 1 is 1.78 bits per heavy atom. The first-order valence-corrected chi connectivity index (χ1v) is 2.81. The Morgan fingerprint density at radius 2 is 2.44 bits per heavy atom.